The fourth-order valence-corrected chi connectivity index (χ4v) is 3.56. The molecule has 5 nitrogen and oxygen atoms in total. The second-order valence-electron chi connectivity index (χ2n) is 6.21. The van der Waals surface area contributed by atoms with E-state index in [1.165, 1.54) is 11.3 Å². The third-order valence-electron chi connectivity index (χ3n) is 4.70. The largest absolute Gasteiger partial charge is 0.369 e. The van der Waals surface area contributed by atoms with Crippen LogP contribution in [0.2, 0.25) is 5.02 Å². The highest BCUT2D eigenvalue weighted by molar-refractivity contribution is 6.30. The number of H-pyrrole nitrogens is 1. The van der Waals surface area contributed by atoms with Crippen LogP contribution in [0, 0.1) is 0 Å². The van der Waals surface area contributed by atoms with Gasteiger partial charge in [0.2, 0.25) is 0 Å². The zero-order chi connectivity index (χ0) is 17.1. The maximum absolute atomic E-state index is 6.06. The Kier molecular flexibility index (Phi) is 4.68. The number of nitrogens with zero attached hydrogens (tertiary/aromatic N) is 4. The Morgan fingerprint density at radius 2 is 1.64 bits per heavy atom. The van der Waals surface area contributed by atoms with Gasteiger partial charge in [0.15, 0.2) is 0 Å². The van der Waals surface area contributed by atoms with Crippen LogP contribution in [-0.2, 0) is 0 Å². The fraction of sp³-hybridized carbons (Fsp3) is 0.263. The number of benzene rings is 2. The van der Waals surface area contributed by atoms with Gasteiger partial charge in [-0.1, -0.05) is 41.9 Å². The van der Waals surface area contributed by atoms with Crippen LogP contribution in [0.4, 0.5) is 5.69 Å². The number of anilines is 1. The second-order valence-corrected chi connectivity index (χ2v) is 6.64. The average molecular weight is 354 g/mol. The number of hydrogen-bond acceptors (Lipinski definition) is 4. The lowest BCUT2D eigenvalue weighted by molar-refractivity contribution is 0.209. The fourth-order valence-electron chi connectivity index (χ4n) is 3.43. The summed E-state index contributed by atoms with van der Waals surface area (Å²) in [5.41, 5.74) is 3.41. The van der Waals surface area contributed by atoms with Gasteiger partial charge >= 0.3 is 0 Å². The number of aromatic amines is 1. The van der Waals surface area contributed by atoms with E-state index >= 15 is 0 Å². The van der Waals surface area contributed by atoms with Crippen molar-refractivity contribution in [3.05, 3.63) is 77.1 Å². The smallest absolute Gasteiger partial charge is 0.104 e. The number of hydrogen-bond donors (Lipinski definition) is 1. The quantitative estimate of drug-likeness (QED) is 0.781. The standard InChI is InChI=1S/C19H20ClN5/c20-16-8-6-15(7-9-16)19(18-14-21-23-22-18)25-12-10-24(11-13-25)17-4-2-1-3-5-17/h1-9,14,19H,10-13H2,(H,21,22,23). The Labute approximate surface area is 152 Å². The summed E-state index contributed by atoms with van der Waals surface area (Å²) in [7, 11) is 0. The maximum Gasteiger partial charge on any atom is 0.104 e. The van der Waals surface area contributed by atoms with Crippen LogP contribution >= 0.6 is 11.6 Å². The highest BCUT2D eigenvalue weighted by Crippen LogP contribution is 2.29. The van der Waals surface area contributed by atoms with E-state index in [2.05, 4.69) is 67.7 Å². The molecule has 0 bridgehead atoms. The lowest BCUT2D eigenvalue weighted by Gasteiger charge is -2.39. The Hall–Kier alpha value is -2.37. The third-order valence-corrected chi connectivity index (χ3v) is 4.95. The van der Waals surface area contributed by atoms with E-state index in [1.807, 2.05) is 18.3 Å². The van der Waals surface area contributed by atoms with Crippen molar-refractivity contribution in [3.8, 4) is 0 Å². The first-order valence-electron chi connectivity index (χ1n) is 8.46. The summed E-state index contributed by atoms with van der Waals surface area (Å²) in [4.78, 5) is 4.89. The van der Waals surface area contributed by atoms with Gasteiger partial charge in [-0.05, 0) is 29.8 Å². The van der Waals surface area contributed by atoms with Crippen LogP contribution in [0.3, 0.4) is 0 Å². The average Bonchev–Trinajstić information content (AvgIpc) is 3.19. The molecule has 1 aliphatic heterocycles. The molecule has 0 radical (unpaired) electrons. The zero-order valence-corrected chi connectivity index (χ0v) is 14.6. The van der Waals surface area contributed by atoms with Crippen LogP contribution in [0.15, 0.2) is 60.8 Å². The van der Waals surface area contributed by atoms with E-state index in [9.17, 15) is 0 Å². The minimum Gasteiger partial charge on any atom is -0.369 e. The first kappa shape index (κ1) is 16.1. The molecular formula is C19H20ClN5. The van der Waals surface area contributed by atoms with Crippen LogP contribution in [0.5, 0.6) is 0 Å². The summed E-state index contributed by atoms with van der Waals surface area (Å²) >= 11 is 6.06. The van der Waals surface area contributed by atoms with Gasteiger partial charge in [-0.25, -0.2) is 0 Å². The summed E-state index contributed by atoms with van der Waals surface area (Å²) in [5.74, 6) is 0. The monoisotopic (exact) mass is 353 g/mol. The normalized spacial score (nSPS) is 16.8. The van der Waals surface area contributed by atoms with Crippen molar-refractivity contribution in [1.82, 2.24) is 20.3 Å². The molecule has 0 aliphatic carbocycles. The first-order chi connectivity index (χ1) is 12.3. The highest BCUT2D eigenvalue weighted by Gasteiger charge is 2.28. The van der Waals surface area contributed by atoms with Gasteiger partial charge in [0.05, 0.1) is 12.2 Å². The van der Waals surface area contributed by atoms with Crippen molar-refractivity contribution in [2.45, 2.75) is 6.04 Å². The van der Waals surface area contributed by atoms with Crippen molar-refractivity contribution in [2.75, 3.05) is 31.1 Å². The SMILES string of the molecule is Clc1ccc(C(c2cn[nH]n2)N2CCN(c3ccccc3)CC2)cc1. The summed E-state index contributed by atoms with van der Waals surface area (Å²) in [6.45, 7) is 3.92. The summed E-state index contributed by atoms with van der Waals surface area (Å²) in [6, 6.07) is 18.7. The van der Waals surface area contributed by atoms with Crippen molar-refractivity contribution >= 4 is 17.3 Å². The molecule has 25 heavy (non-hydrogen) atoms. The van der Waals surface area contributed by atoms with E-state index in [0.717, 1.165) is 36.9 Å². The van der Waals surface area contributed by atoms with Crippen molar-refractivity contribution in [1.29, 1.82) is 0 Å². The third kappa shape index (κ3) is 3.52. The molecule has 0 spiro atoms. The topological polar surface area (TPSA) is 48.1 Å². The van der Waals surface area contributed by atoms with E-state index in [1.54, 1.807) is 0 Å². The first-order valence-corrected chi connectivity index (χ1v) is 8.84. The zero-order valence-electron chi connectivity index (χ0n) is 13.8. The van der Waals surface area contributed by atoms with E-state index in [4.69, 9.17) is 11.6 Å². The molecule has 1 fully saturated rings. The van der Waals surface area contributed by atoms with Crippen LogP contribution in [0.1, 0.15) is 17.3 Å². The molecule has 0 amide bonds. The minimum absolute atomic E-state index is 0.0916. The Balaban J connectivity index is 1.54. The lowest BCUT2D eigenvalue weighted by atomic mass is 10.0. The lowest BCUT2D eigenvalue weighted by Crippen LogP contribution is -2.48. The van der Waals surface area contributed by atoms with E-state index < -0.39 is 0 Å². The number of aromatic nitrogens is 3. The van der Waals surface area contributed by atoms with Crippen molar-refractivity contribution < 1.29 is 0 Å². The second kappa shape index (κ2) is 7.25. The minimum atomic E-state index is 0.0916. The summed E-state index contributed by atoms with van der Waals surface area (Å²) in [5, 5.41) is 11.8. The Morgan fingerprint density at radius 1 is 0.920 bits per heavy atom. The molecule has 1 aromatic heterocycles. The molecule has 2 heterocycles. The van der Waals surface area contributed by atoms with Crippen LogP contribution in [-0.4, -0.2) is 46.5 Å². The molecule has 1 aliphatic rings. The van der Waals surface area contributed by atoms with Gasteiger partial charge in [-0.3, -0.25) is 4.90 Å². The van der Waals surface area contributed by atoms with Crippen LogP contribution < -0.4 is 4.90 Å². The molecular weight excluding hydrogens is 334 g/mol. The molecule has 1 N–H and O–H groups in total. The summed E-state index contributed by atoms with van der Waals surface area (Å²) < 4.78 is 0. The van der Waals surface area contributed by atoms with Gasteiger partial charge in [0.25, 0.3) is 0 Å². The summed E-state index contributed by atoms with van der Waals surface area (Å²) in [6.07, 6.45) is 1.81. The Bertz CT molecular complexity index is 780. The van der Waals surface area contributed by atoms with Gasteiger partial charge in [0, 0.05) is 36.9 Å². The van der Waals surface area contributed by atoms with Gasteiger partial charge in [0.1, 0.15) is 5.69 Å². The molecule has 1 unspecified atom stereocenters. The Morgan fingerprint density at radius 3 is 2.28 bits per heavy atom. The number of piperazine rings is 1. The molecule has 128 valence electrons. The van der Waals surface area contributed by atoms with E-state index in [-0.39, 0.29) is 6.04 Å². The molecule has 1 saturated heterocycles. The molecule has 1 atom stereocenters. The molecule has 2 aromatic carbocycles. The molecule has 6 heteroatoms. The van der Waals surface area contributed by atoms with Crippen molar-refractivity contribution in [3.63, 3.8) is 0 Å². The molecule has 0 saturated carbocycles. The number of rotatable bonds is 4. The predicted molar refractivity (Wildman–Crippen MR) is 99.9 cm³/mol. The van der Waals surface area contributed by atoms with Crippen molar-refractivity contribution in [2.24, 2.45) is 0 Å². The molecule has 4 rings (SSSR count). The van der Waals surface area contributed by atoms with Gasteiger partial charge in [-0.15, -0.1) is 0 Å². The predicted octanol–water partition coefficient (Wildman–Crippen LogP) is 3.37. The number of halogens is 1. The highest BCUT2D eigenvalue weighted by atomic mass is 35.5. The van der Waals surface area contributed by atoms with Gasteiger partial charge in [-0.2, -0.15) is 15.4 Å². The van der Waals surface area contributed by atoms with Gasteiger partial charge < -0.3 is 4.90 Å². The maximum atomic E-state index is 6.06. The number of para-hydroxylation sites is 1. The molecule has 3 aromatic rings. The van der Waals surface area contributed by atoms with E-state index in [0.29, 0.717) is 0 Å². The number of nitrogens with one attached hydrogen (secondary N) is 1. The van der Waals surface area contributed by atoms with Crippen LogP contribution in [0.25, 0.3) is 0 Å².